The highest BCUT2D eigenvalue weighted by atomic mass is 35.5. The molecule has 3 aromatic carbocycles. The molecule has 8 N–H and O–H groups in total. The van der Waals surface area contributed by atoms with Gasteiger partial charge in [-0.05, 0) is 47.4 Å². The second-order valence-electron chi connectivity index (χ2n) is 11.4. The van der Waals surface area contributed by atoms with Crippen molar-refractivity contribution in [2.45, 2.75) is 24.9 Å². The van der Waals surface area contributed by atoms with Gasteiger partial charge in [-0.2, -0.15) is 0 Å². The van der Waals surface area contributed by atoms with Gasteiger partial charge in [-0.25, -0.2) is 22.8 Å². The summed E-state index contributed by atoms with van der Waals surface area (Å²) in [6, 6.07) is 1.23. The Hall–Kier alpha value is -5.34. The minimum atomic E-state index is -5.54. The van der Waals surface area contributed by atoms with E-state index < -0.39 is 121 Å². The van der Waals surface area contributed by atoms with Crippen molar-refractivity contribution in [1.82, 2.24) is 20.4 Å². The number of phenolic OH excluding ortho intramolecular Hbond substituents is 2. The molecule has 2 aliphatic heterocycles. The molecule has 2 atom stereocenters. The van der Waals surface area contributed by atoms with Gasteiger partial charge >= 0.3 is 38.5 Å². The fraction of sp³-hybridized carbons (Fsp3) is 0.207. The van der Waals surface area contributed by atoms with E-state index in [4.69, 9.17) is 16.3 Å². The number of carboxylic acid groups (broad SMARTS) is 1. The maximum Gasteiger partial charge on any atom is 0.547 e. The first-order valence-corrected chi connectivity index (χ1v) is 16.6. The van der Waals surface area contributed by atoms with Crippen LogP contribution >= 0.6 is 19.2 Å². The van der Waals surface area contributed by atoms with E-state index in [0.29, 0.717) is 17.0 Å². The van der Waals surface area contributed by atoms with E-state index in [-0.39, 0.29) is 29.2 Å². The topological polar surface area (TPSA) is 264 Å². The lowest BCUT2D eigenvalue weighted by Crippen LogP contribution is -2.60. The molecule has 0 saturated carbocycles. The molecular formula is C29H24BClF3N4O13P. The predicted molar refractivity (Wildman–Crippen MR) is 169 cm³/mol. The Morgan fingerprint density at radius 1 is 1.02 bits per heavy atom. The van der Waals surface area contributed by atoms with E-state index in [9.17, 15) is 71.8 Å². The number of fused-ring (bicyclic) bond motifs is 1. The number of imide groups is 1. The van der Waals surface area contributed by atoms with Crippen molar-refractivity contribution in [3.8, 4) is 17.2 Å². The number of hydrogen-bond acceptors (Lipinski definition) is 10. The Morgan fingerprint density at radius 2 is 1.67 bits per heavy atom. The Morgan fingerprint density at radius 3 is 2.29 bits per heavy atom. The molecular weight excluding hydrogens is 747 g/mol. The number of rotatable bonds is 8. The van der Waals surface area contributed by atoms with Crippen LogP contribution in [0.4, 0.5) is 18.0 Å². The maximum atomic E-state index is 14.9. The summed E-state index contributed by atoms with van der Waals surface area (Å²) in [5, 5.41) is 41.7. The van der Waals surface area contributed by atoms with Crippen molar-refractivity contribution in [3.05, 3.63) is 81.1 Å². The van der Waals surface area contributed by atoms with E-state index in [1.54, 1.807) is 0 Å². The lowest BCUT2D eigenvalue weighted by molar-refractivity contribution is -0.154. The number of carbonyl (C=O) groups is 5. The van der Waals surface area contributed by atoms with Crippen molar-refractivity contribution < 1.29 is 76.5 Å². The minimum absolute atomic E-state index is 0.00357. The zero-order valence-corrected chi connectivity index (χ0v) is 27.6. The second-order valence-corrected chi connectivity index (χ2v) is 13.3. The monoisotopic (exact) mass is 770 g/mol. The molecule has 2 aliphatic rings. The van der Waals surface area contributed by atoms with Crippen LogP contribution in [-0.2, 0) is 31.9 Å². The van der Waals surface area contributed by atoms with Gasteiger partial charge in [-0.1, -0.05) is 23.7 Å². The molecule has 0 radical (unpaired) electrons. The van der Waals surface area contributed by atoms with Gasteiger partial charge in [-0.3, -0.25) is 23.8 Å². The molecule has 0 aliphatic carbocycles. The summed E-state index contributed by atoms with van der Waals surface area (Å²) < 4.78 is 60.8. The normalized spacial score (nSPS) is 16.6. The molecule has 17 nitrogen and oxygen atoms in total. The molecule has 23 heteroatoms. The molecule has 3 aromatic rings. The second kappa shape index (κ2) is 14.4. The SMILES string of the molecule is O=C(O)c1c(F)ccc2c1OB(O)C(NC(=O)C(NC(=O)N1CCN(Cc3ccc(O)c(O)c3Cl)C(=O)C1=O)c1cc(F)c(P(=O)(O)O)c(F)c1)C2. The van der Waals surface area contributed by atoms with Gasteiger partial charge in [0.15, 0.2) is 11.5 Å². The fourth-order valence-electron chi connectivity index (χ4n) is 5.50. The largest absolute Gasteiger partial charge is 0.547 e. The van der Waals surface area contributed by atoms with Crippen LogP contribution in [0.1, 0.15) is 33.1 Å². The minimum Gasteiger partial charge on any atom is -0.534 e. The Balaban J connectivity index is 1.41. The number of nitrogens with one attached hydrogen (secondary N) is 2. The molecule has 52 heavy (non-hydrogen) atoms. The zero-order valence-electron chi connectivity index (χ0n) is 25.9. The van der Waals surface area contributed by atoms with Crippen LogP contribution in [0.3, 0.4) is 0 Å². The van der Waals surface area contributed by atoms with Gasteiger partial charge in [0.2, 0.25) is 5.91 Å². The maximum absolute atomic E-state index is 14.9. The van der Waals surface area contributed by atoms with Gasteiger partial charge in [0.1, 0.15) is 40.1 Å². The summed E-state index contributed by atoms with van der Waals surface area (Å²) in [6.45, 7) is -1.19. The molecule has 1 saturated heterocycles. The van der Waals surface area contributed by atoms with Crippen LogP contribution in [0.15, 0.2) is 36.4 Å². The summed E-state index contributed by atoms with van der Waals surface area (Å²) in [7, 11) is -7.59. The Kier molecular flexibility index (Phi) is 10.5. The molecule has 0 spiro atoms. The van der Waals surface area contributed by atoms with Crippen LogP contribution in [0, 0.1) is 17.5 Å². The molecule has 5 amide bonds. The Bertz CT molecular complexity index is 2070. The Labute approximate surface area is 294 Å². The number of nitrogens with zero attached hydrogens (tertiary/aromatic N) is 2. The molecule has 2 heterocycles. The van der Waals surface area contributed by atoms with E-state index >= 15 is 0 Å². The van der Waals surface area contributed by atoms with Crippen molar-refractivity contribution in [3.63, 3.8) is 0 Å². The summed E-state index contributed by atoms with van der Waals surface area (Å²) in [5.41, 5.74) is -1.55. The van der Waals surface area contributed by atoms with Crippen molar-refractivity contribution in [2.75, 3.05) is 13.1 Å². The van der Waals surface area contributed by atoms with Gasteiger partial charge in [-0.15, -0.1) is 0 Å². The smallest absolute Gasteiger partial charge is 0.534 e. The van der Waals surface area contributed by atoms with Crippen LogP contribution in [0.25, 0.3) is 0 Å². The number of carboxylic acids is 1. The van der Waals surface area contributed by atoms with Crippen LogP contribution in [-0.4, -0.2) is 95.8 Å². The van der Waals surface area contributed by atoms with E-state index in [0.717, 1.165) is 23.1 Å². The van der Waals surface area contributed by atoms with Crippen LogP contribution < -0.4 is 20.6 Å². The molecule has 0 aromatic heterocycles. The standard InChI is InChI=1S/C29H24BClF3N4O13P/c31-20-12(2-4-17(39)22(20)40)10-37-5-6-38(27(43)26(37)42)29(46)36-21(13-7-15(33)24(16(34)8-13)52(48,49)50)25(41)35-18-9-11-1-3-14(32)19(28(44)45)23(11)51-30(18)47/h1-4,7-8,18,21,39-40,47H,5-6,9-10H2,(H,35,41)(H,36,46)(H,44,45)(H2,48,49,50). The van der Waals surface area contributed by atoms with E-state index in [1.807, 2.05) is 5.32 Å². The molecule has 1 fully saturated rings. The van der Waals surface area contributed by atoms with Crippen LogP contribution in [0.2, 0.25) is 5.02 Å². The predicted octanol–water partition coefficient (Wildman–Crippen LogP) is 0.431. The quantitative estimate of drug-likeness (QED) is 0.0670. The number of benzene rings is 3. The van der Waals surface area contributed by atoms with Crippen molar-refractivity contribution in [1.29, 1.82) is 0 Å². The first-order chi connectivity index (χ1) is 24.3. The highest BCUT2D eigenvalue weighted by molar-refractivity contribution is 7.60. The molecule has 2 unspecified atom stereocenters. The lowest BCUT2D eigenvalue weighted by atomic mass is 9.72. The van der Waals surface area contributed by atoms with E-state index in [2.05, 4.69) is 5.32 Å². The molecule has 5 rings (SSSR count). The van der Waals surface area contributed by atoms with Gasteiger partial charge < -0.3 is 50.3 Å². The molecule has 274 valence electrons. The zero-order chi connectivity index (χ0) is 38.4. The van der Waals surface area contributed by atoms with Gasteiger partial charge in [0.05, 0.1) is 11.0 Å². The average molecular weight is 771 g/mol. The number of urea groups is 1. The van der Waals surface area contributed by atoms with Crippen molar-refractivity contribution in [2.24, 2.45) is 0 Å². The number of hydrogen-bond donors (Lipinski definition) is 8. The number of piperazine rings is 1. The highest BCUT2D eigenvalue weighted by Gasteiger charge is 2.42. The summed E-state index contributed by atoms with van der Waals surface area (Å²) in [4.78, 5) is 84.6. The molecule has 0 bridgehead atoms. The third-order valence-electron chi connectivity index (χ3n) is 8.04. The number of aromatic carboxylic acids is 1. The van der Waals surface area contributed by atoms with E-state index in [1.165, 1.54) is 6.07 Å². The van der Waals surface area contributed by atoms with Gasteiger partial charge in [0.25, 0.3) is 0 Å². The number of aromatic hydroxyl groups is 2. The fourth-order valence-corrected chi connectivity index (χ4v) is 6.41. The first kappa shape index (κ1) is 37.9. The highest BCUT2D eigenvalue weighted by Crippen LogP contribution is 2.38. The number of halogens is 4. The third-order valence-corrected chi connectivity index (χ3v) is 9.47. The average Bonchev–Trinajstić information content (AvgIpc) is 3.05. The van der Waals surface area contributed by atoms with Gasteiger partial charge in [0, 0.05) is 19.6 Å². The van der Waals surface area contributed by atoms with Crippen molar-refractivity contribution >= 4 is 61.3 Å². The number of carbonyl (C=O) groups excluding carboxylic acids is 4. The van der Waals surface area contributed by atoms with Crippen LogP contribution in [0.5, 0.6) is 17.2 Å². The lowest BCUT2D eigenvalue weighted by Gasteiger charge is -2.34. The number of phenols is 2. The summed E-state index contributed by atoms with van der Waals surface area (Å²) in [6.07, 6.45) is -0.402. The third kappa shape index (κ3) is 7.35. The number of amides is 5. The first-order valence-electron chi connectivity index (χ1n) is 14.7. The summed E-state index contributed by atoms with van der Waals surface area (Å²) >= 11 is 6.01. The summed E-state index contributed by atoms with van der Waals surface area (Å²) in [5.74, 6) is -13.9.